The predicted molar refractivity (Wildman–Crippen MR) is 89.5 cm³/mol. The number of rotatable bonds is 3. The fourth-order valence-electron chi connectivity index (χ4n) is 2.48. The Bertz CT molecular complexity index is 663. The number of fused-ring (bicyclic) bond motifs is 1. The fourth-order valence-corrected chi connectivity index (χ4v) is 3.97. The third-order valence-electron chi connectivity index (χ3n) is 3.58. The van der Waals surface area contributed by atoms with Crippen molar-refractivity contribution in [3.63, 3.8) is 0 Å². The third-order valence-corrected chi connectivity index (χ3v) is 5.24. The van der Waals surface area contributed by atoms with Crippen LogP contribution in [-0.4, -0.2) is 10.9 Å². The summed E-state index contributed by atoms with van der Waals surface area (Å²) in [6.07, 6.45) is 1.07. The molecule has 1 aliphatic rings. The monoisotopic (exact) mass is 339 g/mol. The van der Waals surface area contributed by atoms with Crippen LogP contribution in [0, 0.1) is 0 Å². The van der Waals surface area contributed by atoms with Gasteiger partial charge in [0.15, 0.2) is 0 Å². The molecule has 0 aromatic heterocycles. The summed E-state index contributed by atoms with van der Waals surface area (Å²) >= 11 is 13.9. The van der Waals surface area contributed by atoms with Crippen LogP contribution in [0.4, 0.5) is 0 Å². The third kappa shape index (κ3) is 3.49. The smallest absolute Gasteiger partial charge is 0.134 e. The van der Waals surface area contributed by atoms with Crippen LogP contribution in [-0.2, 0) is 6.54 Å². The Hall–Kier alpha value is -0.870. The topological polar surface area (TPSA) is 32.3 Å². The SMILES string of the molecule is Oc1ccc(CNC2CCSc3ccc(Cl)cc32)cc1Cl. The van der Waals surface area contributed by atoms with Gasteiger partial charge in [0.2, 0.25) is 0 Å². The molecule has 0 fully saturated rings. The molecular formula is C16H15Cl2NOS. The zero-order valence-electron chi connectivity index (χ0n) is 11.3. The normalized spacial score (nSPS) is 17.5. The number of halogens is 2. The van der Waals surface area contributed by atoms with Gasteiger partial charge in [-0.1, -0.05) is 29.3 Å². The minimum absolute atomic E-state index is 0.117. The summed E-state index contributed by atoms with van der Waals surface area (Å²) in [5.74, 6) is 1.22. The Labute approximate surface area is 138 Å². The summed E-state index contributed by atoms with van der Waals surface area (Å²) in [7, 11) is 0. The van der Waals surface area contributed by atoms with Crippen molar-refractivity contribution in [3.05, 3.63) is 57.6 Å². The molecule has 5 heteroatoms. The molecule has 2 nitrogen and oxygen atoms in total. The van der Waals surface area contributed by atoms with E-state index in [1.807, 2.05) is 30.0 Å². The Morgan fingerprint density at radius 1 is 1.19 bits per heavy atom. The molecule has 1 atom stereocenters. The molecule has 0 bridgehead atoms. The van der Waals surface area contributed by atoms with Crippen molar-refractivity contribution in [3.8, 4) is 5.75 Å². The van der Waals surface area contributed by atoms with Crippen molar-refractivity contribution in [2.75, 3.05) is 5.75 Å². The first kappa shape index (κ1) is 15.0. The standard InChI is InChI=1S/C16H15Cl2NOS/c17-11-2-4-16-12(8-11)14(5-6-21-16)19-9-10-1-3-15(20)13(18)7-10/h1-4,7-8,14,19-20H,5-6,9H2. The van der Waals surface area contributed by atoms with E-state index in [9.17, 15) is 5.11 Å². The van der Waals surface area contributed by atoms with E-state index in [4.69, 9.17) is 23.2 Å². The number of aromatic hydroxyl groups is 1. The minimum Gasteiger partial charge on any atom is -0.506 e. The van der Waals surface area contributed by atoms with Gasteiger partial charge in [0, 0.05) is 22.5 Å². The minimum atomic E-state index is 0.117. The van der Waals surface area contributed by atoms with Gasteiger partial charge in [-0.05, 0) is 53.6 Å². The Kier molecular flexibility index (Phi) is 4.65. The first-order chi connectivity index (χ1) is 10.1. The average Bonchev–Trinajstić information content (AvgIpc) is 2.48. The van der Waals surface area contributed by atoms with Crippen LogP contribution < -0.4 is 5.32 Å². The lowest BCUT2D eigenvalue weighted by Gasteiger charge is -2.26. The molecule has 2 aromatic rings. The molecule has 0 saturated heterocycles. The van der Waals surface area contributed by atoms with Gasteiger partial charge in [-0.15, -0.1) is 11.8 Å². The molecule has 110 valence electrons. The van der Waals surface area contributed by atoms with E-state index in [0.29, 0.717) is 17.6 Å². The number of hydrogen-bond acceptors (Lipinski definition) is 3. The Morgan fingerprint density at radius 3 is 2.86 bits per heavy atom. The molecule has 1 heterocycles. The van der Waals surface area contributed by atoms with Gasteiger partial charge < -0.3 is 10.4 Å². The second kappa shape index (κ2) is 6.49. The van der Waals surface area contributed by atoms with Crippen LogP contribution in [0.25, 0.3) is 0 Å². The summed E-state index contributed by atoms with van der Waals surface area (Å²) in [4.78, 5) is 1.30. The second-order valence-electron chi connectivity index (χ2n) is 5.04. The Morgan fingerprint density at radius 2 is 2.05 bits per heavy atom. The van der Waals surface area contributed by atoms with E-state index in [-0.39, 0.29) is 5.75 Å². The van der Waals surface area contributed by atoms with E-state index in [1.165, 1.54) is 10.5 Å². The summed E-state index contributed by atoms with van der Waals surface area (Å²) in [6.45, 7) is 0.710. The van der Waals surface area contributed by atoms with Crippen molar-refractivity contribution < 1.29 is 5.11 Å². The highest BCUT2D eigenvalue weighted by Gasteiger charge is 2.20. The maximum Gasteiger partial charge on any atom is 0.134 e. The van der Waals surface area contributed by atoms with E-state index in [1.54, 1.807) is 12.1 Å². The predicted octanol–water partition coefficient (Wildman–Crippen LogP) is 5.03. The molecule has 2 N–H and O–H groups in total. The van der Waals surface area contributed by atoms with Gasteiger partial charge >= 0.3 is 0 Å². The summed E-state index contributed by atoms with van der Waals surface area (Å²) in [5, 5.41) is 14.2. The molecule has 0 spiro atoms. The summed E-state index contributed by atoms with van der Waals surface area (Å²) in [5.41, 5.74) is 2.32. The van der Waals surface area contributed by atoms with Crippen molar-refractivity contribution in [1.29, 1.82) is 0 Å². The molecule has 2 aromatic carbocycles. The molecule has 1 aliphatic heterocycles. The fraction of sp³-hybridized carbons (Fsp3) is 0.250. The summed E-state index contributed by atoms with van der Waals surface area (Å²) < 4.78 is 0. The number of phenols is 1. The van der Waals surface area contributed by atoms with Gasteiger partial charge in [-0.3, -0.25) is 0 Å². The summed E-state index contributed by atoms with van der Waals surface area (Å²) in [6, 6.07) is 11.7. The van der Waals surface area contributed by atoms with E-state index < -0.39 is 0 Å². The van der Waals surface area contributed by atoms with E-state index in [2.05, 4.69) is 11.4 Å². The van der Waals surface area contributed by atoms with Crippen molar-refractivity contribution in [2.45, 2.75) is 23.9 Å². The molecule has 0 radical (unpaired) electrons. The van der Waals surface area contributed by atoms with Crippen LogP contribution >= 0.6 is 35.0 Å². The highest BCUT2D eigenvalue weighted by molar-refractivity contribution is 7.99. The van der Waals surface area contributed by atoms with Gasteiger partial charge in [0.25, 0.3) is 0 Å². The van der Waals surface area contributed by atoms with Gasteiger partial charge in [-0.25, -0.2) is 0 Å². The number of nitrogens with one attached hydrogen (secondary N) is 1. The van der Waals surface area contributed by atoms with Crippen LogP contribution in [0.2, 0.25) is 10.0 Å². The molecule has 0 amide bonds. The lowest BCUT2D eigenvalue weighted by molar-refractivity contribution is 0.474. The van der Waals surface area contributed by atoms with Gasteiger partial charge in [-0.2, -0.15) is 0 Å². The lowest BCUT2D eigenvalue weighted by atomic mass is 10.0. The van der Waals surface area contributed by atoms with Crippen molar-refractivity contribution >= 4 is 35.0 Å². The molecule has 3 rings (SSSR count). The molecular weight excluding hydrogens is 325 g/mol. The highest BCUT2D eigenvalue weighted by atomic mass is 35.5. The average molecular weight is 340 g/mol. The van der Waals surface area contributed by atoms with Crippen LogP contribution in [0.1, 0.15) is 23.6 Å². The maximum absolute atomic E-state index is 9.45. The quantitative estimate of drug-likeness (QED) is 0.822. The zero-order valence-corrected chi connectivity index (χ0v) is 13.6. The number of phenolic OH excluding ortho intramolecular Hbond substituents is 1. The molecule has 21 heavy (non-hydrogen) atoms. The van der Waals surface area contributed by atoms with Crippen LogP contribution in [0.15, 0.2) is 41.3 Å². The van der Waals surface area contributed by atoms with Crippen molar-refractivity contribution in [1.82, 2.24) is 5.32 Å². The number of benzene rings is 2. The first-order valence-corrected chi connectivity index (χ1v) is 8.50. The first-order valence-electron chi connectivity index (χ1n) is 6.76. The largest absolute Gasteiger partial charge is 0.506 e. The van der Waals surface area contributed by atoms with Crippen molar-refractivity contribution in [2.24, 2.45) is 0 Å². The molecule has 0 saturated carbocycles. The Balaban J connectivity index is 1.74. The van der Waals surface area contributed by atoms with E-state index in [0.717, 1.165) is 22.8 Å². The van der Waals surface area contributed by atoms with Gasteiger partial charge in [0.05, 0.1) is 5.02 Å². The van der Waals surface area contributed by atoms with E-state index >= 15 is 0 Å². The van der Waals surface area contributed by atoms with Crippen LogP contribution in [0.5, 0.6) is 5.75 Å². The lowest BCUT2D eigenvalue weighted by Crippen LogP contribution is -2.24. The molecule has 0 aliphatic carbocycles. The number of thioether (sulfide) groups is 1. The van der Waals surface area contributed by atoms with Gasteiger partial charge in [0.1, 0.15) is 5.75 Å². The number of hydrogen-bond donors (Lipinski definition) is 2. The highest BCUT2D eigenvalue weighted by Crippen LogP contribution is 2.37. The van der Waals surface area contributed by atoms with Crippen LogP contribution in [0.3, 0.4) is 0 Å². The molecule has 1 unspecified atom stereocenters. The zero-order chi connectivity index (χ0) is 14.8. The second-order valence-corrected chi connectivity index (χ2v) is 7.02. The maximum atomic E-state index is 9.45.